The van der Waals surface area contributed by atoms with Crippen molar-refractivity contribution in [2.75, 3.05) is 0 Å². The second-order valence-electron chi connectivity index (χ2n) is 5.77. The highest BCUT2D eigenvalue weighted by Gasteiger charge is 2.08. The molecule has 23 heavy (non-hydrogen) atoms. The highest BCUT2D eigenvalue weighted by molar-refractivity contribution is 6.35. The molecule has 3 rings (SSSR count). The fourth-order valence-electron chi connectivity index (χ4n) is 2.65. The summed E-state index contributed by atoms with van der Waals surface area (Å²) in [5.74, 6) is 0. The molecule has 0 spiro atoms. The average Bonchev–Trinajstić information content (AvgIpc) is 2.95. The van der Waals surface area contributed by atoms with Crippen LogP contribution in [0, 0.1) is 13.8 Å². The molecule has 0 fully saturated rings. The van der Waals surface area contributed by atoms with Crippen LogP contribution in [-0.2, 0) is 13.0 Å². The van der Waals surface area contributed by atoms with Gasteiger partial charge in [0.1, 0.15) is 0 Å². The maximum Gasteiger partial charge on any atom is 0.0952 e. The predicted molar refractivity (Wildman–Crippen MR) is 96.5 cm³/mol. The molecule has 0 atom stereocenters. The van der Waals surface area contributed by atoms with Crippen molar-refractivity contribution in [2.45, 2.75) is 26.8 Å². The highest BCUT2D eigenvalue weighted by Crippen LogP contribution is 2.25. The third-order valence-corrected chi connectivity index (χ3v) is 4.89. The lowest BCUT2D eigenvalue weighted by Crippen LogP contribution is -1.98. The second kappa shape index (κ2) is 6.77. The van der Waals surface area contributed by atoms with Crippen molar-refractivity contribution in [2.24, 2.45) is 0 Å². The van der Waals surface area contributed by atoms with Gasteiger partial charge >= 0.3 is 0 Å². The summed E-state index contributed by atoms with van der Waals surface area (Å²) in [4.78, 5) is 4.51. The van der Waals surface area contributed by atoms with E-state index in [1.165, 1.54) is 16.7 Å². The van der Waals surface area contributed by atoms with Crippen LogP contribution >= 0.6 is 23.2 Å². The highest BCUT2D eigenvalue weighted by atomic mass is 35.5. The number of halogens is 2. The first-order valence-electron chi connectivity index (χ1n) is 7.53. The van der Waals surface area contributed by atoms with E-state index >= 15 is 0 Å². The van der Waals surface area contributed by atoms with Crippen LogP contribution in [0.1, 0.15) is 27.9 Å². The number of hydrogen-bond donors (Lipinski definition) is 0. The monoisotopic (exact) mass is 344 g/mol. The largest absolute Gasteiger partial charge is 0.333 e. The van der Waals surface area contributed by atoms with Crippen molar-refractivity contribution in [3.05, 3.63) is 86.9 Å². The van der Waals surface area contributed by atoms with Crippen LogP contribution < -0.4 is 0 Å². The zero-order chi connectivity index (χ0) is 16.4. The first kappa shape index (κ1) is 16.1. The molecule has 1 aromatic heterocycles. The Balaban J connectivity index is 1.80. The smallest absolute Gasteiger partial charge is 0.0952 e. The summed E-state index contributed by atoms with van der Waals surface area (Å²) in [6, 6.07) is 12.0. The molecule has 0 bridgehead atoms. The summed E-state index contributed by atoms with van der Waals surface area (Å²) in [5, 5.41) is 1.37. The van der Waals surface area contributed by atoms with Gasteiger partial charge in [-0.2, -0.15) is 0 Å². The Morgan fingerprint density at radius 1 is 1.00 bits per heavy atom. The minimum absolute atomic E-state index is 0.623. The van der Waals surface area contributed by atoms with Crippen molar-refractivity contribution in [3.63, 3.8) is 0 Å². The Bertz CT molecular complexity index is 817. The summed E-state index contributed by atoms with van der Waals surface area (Å²) in [7, 11) is 0. The fourth-order valence-corrected chi connectivity index (χ4v) is 3.17. The second-order valence-corrected chi connectivity index (χ2v) is 6.59. The van der Waals surface area contributed by atoms with Crippen molar-refractivity contribution in [1.29, 1.82) is 0 Å². The number of aromatic nitrogens is 2. The number of benzene rings is 2. The molecule has 0 aliphatic rings. The summed E-state index contributed by atoms with van der Waals surface area (Å²) < 4.78 is 2.02. The molecule has 0 saturated heterocycles. The maximum absolute atomic E-state index is 6.24. The lowest BCUT2D eigenvalue weighted by Gasteiger charge is -2.08. The molecule has 0 amide bonds. The van der Waals surface area contributed by atoms with E-state index in [4.69, 9.17) is 23.2 Å². The molecule has 0 N–H and O–H groups in total. The van der Waals surface area contributed by atoms with Crippen molar-refractivity contribution >= 4 is 23.2 Å². The normalized spacial score (nSPS) is 11.0. The number of rotatable bonds is 4. The third kappa shape index (κ3) is 3.60. The molecule has 3 aromatic rings. The molecule has 2 aromatic carbocycles. The average molecular weight is 345 g/mol. The zero-order valence-corrected chi connectivity index (χ0v) is 14.7. The van der Waals surface area contributed by atoms with Crippen LogP contribution in [-0.4, -0.2) is 9.55 Å². The van der Waals surface area contributed by atoms with Crippen molar-refractivity contribution in [3.8, 4) is 0 Å². The number of hydrogen-bond acceptors (Lipinski definition) is 1. The number of nitrogens with zero attached hydrogens (tertiary/aromatic N) is 2. The Kier molecular flexibility index (Phi) is 4.74. The number of imidazole rings is 1. The Morgan fingerprint density at radius 3 is 2.43 bits per heavy atom. The van der Waals surface area contributed by atoms with Gasteiger partial charge in [0.15, 0.2) is 0 Å². The lowest BCUT2D eigenvalue weighted by molar-refractivity contribution is 0.797. The van der Waals surface area contributed by atoms with E-state index in [-0.39, 0.29) is 0 Å². The van der Waals surface area contributed by atoms with Crippen LogP contribution in [0.5, 0.6) is 0 Å². The van der Waals surface area contributed by atoms with Crippen LogP contribution in [0.3, 0.4) is 0 Å². The van der Waals surface area contributed by atoms with Crippen LogP contribution in [0.2, 0.25) is 10.0 Å². The van der Waals surface area contributed by atoms with E-state index in [9.17, 15) is 0 Å². The summed E-state index contributed by atoms with van der Waals surface area (Å²) in [5.41, 5.74) is 5.92. The minimum atomic E-state index is 0.623. The summed E-state index contributed by atoms with van der Waals surface area (Å²) in [6.45, 7) is 4.92. The van der Waals surface area contributed by atoms with Crippen molar-refractivity contribution in [1.82, 2.24) is 9.55 Å². The van der Waals surface area contributed by atoms with Gasteiger partial charge in [-0.3, -0.25) is 0 Å². The first-order chi connectivity index (χ1) is 11.0. The first-order valence-corrected chi connectivity index (χ1v) is 8.29. The molecule has 4 heteroatoms. The molecular formula is C19H18Cl2N2. The molecule has 0 saturated carbocycles. The fraction of sp³-hybridized carbons (Fsp3) is 0.211. The van der Waals surface area contributed by atoms with Gasteiger partial charge in [0.05, 0.1) is 18.6 Å². The van der Waals surface area contributed by atoms with Gasteiger partial charge in [-0.25, -0.2) is 4.98 Å². The number of aryl methyl sites for hydroxylation is 1. The van der Waals surface area contributed by atoms with E-state index in [0.29, 0.717) is 16.6 Å². The van der Waals surface area contributed by atoms with Gasteiger partial charge < -0.3 is 4.57 Å². The topological polar surface area (TPSA) is 17.8 Å². The van der Waals surface area contributed by atoms with Crippen LogP contribution in [0.25, 0.3) is 0 Å². The van der Waals surface area contributed by atoms with Gasteiger partial charge in [-0.1, -0.05) is 47.5 Å². The molecular weight excluding hydrogens is 327 g/mol. The Labute approximate surface area is 146 Å². The van der Waals surface area contributed by atoms with Gasteiger partial charge in [0, 0.05) is 28.2 Å². The molecule has 118 valence electrons. The van der Waals surface area contributed by atoms with Crippen molar-refractivity contribution < 1.29 is 0 Å². The van der Waals surface area contributed by atoms with E-state index in [1.54, 1.807) is 0 Å². The standard InChI is InChI=1S/C19H18Cl2N2/c1-13-5-3-6-15(14(13)2)9-16-10-23(12-22-16)11-17-18(20)7-4-8-19(17)21/h3-8,10,12H,9,11H2,1-2H3. The third-order valence-electron chi connectivity index (χ3n) is 4.18. The minimum Gasteiger partial charge on any atom is -0.333 e. The lowest BCUT2D eigenvalue weighted by atomic mass is 10.00. The van der Waals surface area contributed by atoms with E-state index in [2.05, 4.69) is 43.2 Å². The van der Waals surface area contributed by atoms with Gasteiger partial charge in [0.25, 0.3) is 0 Å². The van der Waals surface area contributed by atoms with Crippen LogP contribution in [0.15, 0.2) is 48.9 Å². The SMILES string of the molecule is Cc1cccc(Cc2cn(Cc3c(Cl)cccc3Cl)cn2)c1C. The van der Waals surface area contributed by atoms with Gasteiger partial charge in [0.2, 0.25) is 0 Å². The summed E-state index contributed by atoms with van der Waals surface area (Å²) in [6.07, 6.45) is 4.72. The van der Waals surface area contributed by atoms with E-state index < -0.39 is 0 Å². The Hall–Kier alpha value is -1.77. The quantitative estimate of drug-likeness (QED) is 0.615. The molecule has 1 heterocycles. The van der Waals surface area contributed by atoms with E-state index in [0.717, 1.165) is 17.7 Å². The van der Waals surface area contributed by atoms with Gasteiger partial charge in [-0.05, 0) is 42.7 Å². The maximum atomic E-state index is 6.24. The molecule has 0 aliphatic heterocycles. The zero-order valence-electron chi connectivity index (χ0n) is 13.2. The van der Waals surface area contributed by atoms with Gasteiger partial charge in [-0.15, -0.1) is 0 Å². The molecule has 0 unspecified atom stereocenters. The Morgan fingerprint density at radius 2 is 1.70 bits per heavy atom. The van der Waals surface area contributed by atoms with E-state index in [1.807, 2.05) is 29.1 Å². The predicted octanol–water partition coefficient (Wildman–Crippen LogP) is 5.45. The summed E-state index contributed by atoms with van der Waals surface area (Å²) >= 11 is 12.5. The van der Waals surface area contributed by atoms with Crippen LogP contribution in [0.4, 0.5) is 0 Å². The molecule has 0 aliphatic carbocycles. The molecule has 2 nitrogen and oxygen atoms in total. The molecule has 0 radical (unpaired) electrons.